The highest BCUT2D eigenvalue weighted by atomic mass is 35.5. The van der Waals surface area contributed by atoms with Gasteiger partial charge in [0, 0.05) is 13.0 Å². The van der Waals surface area contributed by atoms with E-state index in [4.69, 9.17) is 28.9 Å². The number of rotatable bonds is 5. The molecule has 25 heavy (non-hydrogen) atoms. The van der Waals surface area contributed by atoms with Gasteiger partial charge in [-0.25, -0.2) is 0 Å². The number of benzene rings is 1. The largest absolute Gasteiger partial charge is 0.481 e. The number of carbonyl (C=O) groups excluding carboxylic acids is 1. The summed E-state index contributed by atoms with van der Waals surface area (Å²) >= 11 is 11.8. The molecule has 0 atom stereocenters. The maximum absolute atomic E-state index is 12.7. The smallest absolute Gasteiger partial charge is 0.417 e. The number of carboxylic acids is 1. The van der Waals surface area contributed by atoms with E-state index in [0.29, 0.717) is 5.56 Å². The molecule has 0 unspecified atom stereocenters. The summed E-state index contributed by atoms with van der Waals surface area (Å²) in [4.78, 5) is 24.3. The van der Waals surface area contributed by atoms with Crippen molar-refractivity contribution in [2.45, 2.75) is 19.0 Å². The number of thiocarbonyl (C=S) groups is 1. The molecule has 1 N–H and O–H groups in total. The third kappa shape index (κ3) is 4.96. The summed E-state index contributed by atoms with van der Waals surface area (Å²) in [6, 6.07) is 3.19. The maximum atomic E-state index is 12.7. The molecule has 0 aliphatic carbocycles. The molecule has 1 aliphatic heterocycles. The fourth-order valence-electron chi connectivity index (χ4n) is 2.08. The number of hydrogen-bond acceptors (Lipinski definition) is 4. The lowest BCUT2D eigenvalue weighted by Gasteiger charge is -2.13. The van der Waals surface area contributed by atoms with Crippen molar-refractivity contribution in [3.8, 4) is 0 Å². The van der Waals surface area contributed by atoms with E-state index in [1.54, 1.807) is 0 Å². The number of hydrogen-bond donors (Lipinski definition) is 1. The molecule has 2 rings (SSSR count). The topological polar surface area (TPSA) is 57.6 Å². The number of carboxylic acid groups (broad SMARTS) is 1. The van der Waals surface area contributed by atoms with Crippen LogP contribution in [0.5, 0.6) is 0 Å². The van der Waals surface area contributed by atoms with Gasteiger partial charge in [-0.1, -0.05) is 41.6 Å². The summed E-state index contributed by atoms with van der Waals surface area (Å²) in [7, 11) is 0. The predicted octanol–water partition coefficient (Wildman–Crippen LogP) is 4.42. The Hall–Kier alpha value is -1.58. The third-order valence-corrected chi connectivity index (χ3v) is 4.93. The van der Waals surface area contributed by atoms with Gasteiger partial charge in [-0.2, -0.15) is 13.2 Å². The van der Waals surface area contributed by atoms with Crippen LogP contribution in [-0.2, 0) is 15.8 Å². The van der Waals surface area contributed by atoms with Gasteiger partial charge in [-0.3, -0.25) is 14.5 Å². The Morgan fingerprint density at radius 1 is 1.40 bits per heavy atom. The first-order valence-electron chi connectivity index (χ1n) is 6.93. The van der Waals surface area contributed by atoms with Crippen LogP contribution in [0.3, 0.4) is 0 Å². The molecule has 0 radical (unpaired) electrons. The van der Waals surface area contributed by atoms with E-state index in [1.807, 2.05) is 0 Å². The van der Waals surface area contributed by atoms with Gasteiger partial charge in [-0.05, 0) is 30.2 Å². The lowest BCUT2D eigenvalue weighted by atomic mass is 10.1. The number of aliphatic carboxylic acids is 1. The van der Waals surface area contributed by atoms with Crippen molar-refractivity contribution >= 4 is 57.9 Å². The molecule has 10 heteroatoms. The van der Waals surface area contributed by atoms with Crippen LogP contribution in [0.15, 0.2) is 23.1 Å². The minimum absolute atomic E-state index is 0.0926. The SMILES string of the molecule is O=C(O)CCCN1C(=O)C(=Cc2ccc(C(F)(F)F)c(Cl)c2)SC1=S. The first-order valence-corrected chi connectivity index (χ1v) is 8.54. The van der Waals surface area contributed by atoms with Gasteiger partial charge in [0.1, 0.15) is 4.32 Å². The number of alkyl halides is 3. The van der Waals surface area contributed by atoms with Crippen molar-refractivity contribution in [3.05, 3.63) is 39.3 Å². The second kappa shape index (κ2) is 7.76. The number of nitrogens with zero attached hydrogens (tertiary/aromatic N) is 1. The Balaban J connectivity index is 2.16. The summed E-state index contributed by atoms with van der Waals surface area (Å²) in [5.74, 6) is -1.38. The molecule has 1 saturated heterocycles. The Kier molecular flexibility index (Phi) is 6.12. The van der Waals surface area contributed by atoms with Gasteiger partial charge in [0.15, 0.2) is 0 Å². The van der Waals surface area contributed by atoms with Crippen molar-refractivity contribution in [1.82, 2.24) is 4.90 Å². The second-order valence-electron chi connectivity index (χ2n) is 5.07. The van der Waals surface area contributed by atoms with E-state index < -0.39 is 28.6 Å². The Morgan fingerprint density at radius 3 is 2.64 bits per heavy atom. The predicted molar refractivity (Wildman–Crippen MR) is 93.2 cm³/mol. The number of thioether (sulfide) groups is 1. The molecule has 1 heterocycles. The summed E-state index contributed by atoms with van der Waals surface area (Å²) in [6.07, 6.45) is -2.99. The van der Waals surface area contributed by atoms with Gasteiger partial charge < -0.3 is 5.11 Å². The average molecular weight is 410 g/mol. The third-order valence-electron chi connectivity index (χ3n) is 3.24. The molecule has 0 bridgehead atoms. The fourth-order valence-corrected chi connectivity index (χ4v) is 3.69. The van der Waals surface area contributed by atoms with Crippen LogP contribution in [0, 0.1) is 0 Å². The Labute approximate surface area is 155 Å². The molecule has 1 aromatic carbocycles. The molecule has 0 spiro atoms. The molecule has 0 saturated carbocycles. The van der Waals surface area contributed by atoms with Gasteiger partial charge in [0.05, 0.1) is 15.5 Å². The first-order chi connectivity index (χ1) is 11.6. The Bertz CT molecular complexity index is 765. The van der Waals surface area contributed by atoms with Gasteiger partial charge in [-0.15, -0.1) is 0 Å². The van der Waals surface area contributed by atoms with E-state index in [-0.39, 0.29) is 28.6 Å². The molecule has 0 aromatic heterocycles. The van der Waals surface area contributed by atoms with Crippen LogP contribution >= 0.6 is 35.6 Å². The van der Waals surface area contributed by atoms with Gasteiger partial charge in [0.25, 0.3) is 5.91 Å². The first kappa shape index (κ1) is 19.7. The fraction of sp³-hybridized carbons (Fsp3) is 0.267. The van der Waals surface area contributed by atoms with Crippen LogP contribution in [0.2, 0.25) is 5.02 Å². The van der Waals surface area contributed by atoms with Crippen LogP contribution in [0.25, 0.3) is 6.08 Å². The summed E-state index contributed by atoms with van der Waals surface area (Å²) in [5.41, 5.74) is -0.614. The second-order valence-corrected chi connectivity index (χ2v) is 7.15. The highest BCUT2D eigenvalue weighted by Crippen LogP contribution is 2.37. The van der Waals surface area contributed by atoms with Crippen LogP contribution < -0.4 is 0 Å². The van der Waals surface area contributed by atoms with Crippen molar-refractivity contribution in [2.24, 2.45) is 0 Å². The quantitative estimate of drug-likeness (QED) is 0.576. The van der Waals surface area contributed by atoms with Crippen molar-refractivity contribution in [3.63, 3.8) is 0 Å². The zero-order valence-corrected chi connectivity index (χ0v) is 14.9. The van der Waals surface area contributed by atoms with Crippen LogP contribution in [-0.4, -0.2) is 32.7 Å². The van der Waals surface area contributed by atoms with E-state index in [1.165, 1.54) is 17.0 Å². The number of carbonyl (C=O) groups is 2. The van der Waals surface area contributed by atoms with Gasteiger partial charge >= 0.3 is 12.1 Å². The maximum Gasteiger partial charge on any atom is 0.417 e. The van der Waals surface area contributed by atoms with Crippen molar-refractivity contribution in [2.75, 3.05) is 6.54 Å². The van der Waals surface area contributed by atoms with E-state index in [2.05, 4.69) is 0 Å². The molecule has 134 valence electrons. The number of halogens is 4. The molecule has 1 amide bonds. The van der Waals surface area contributed by atoms with Gasteiger partial charge in [0.2, 0.25) is 0 Å². The molecule has 1 fully saturated rings. The highest BCUT2D eigenvalue weighted by molar-refractivity contribution is 8.26. The summed E-state index contributed by atoms with van der Waals surface area (Å²) < 4.78 is 38.4. The number of amides is 1. The lowest BCUT2D eigenvalue weighted by Crippen LogP contribution is -2.29. The van der Waals surface area contributed by atoms with E-state index in [0.717, 1.165) is 23.9 Å². The lowest BCUT2D eigenvalue weighted by molar-refractivity contribution is -0.138. The van der Waals surface area contributed by atoms with Crippen LogP contribution in [0.1, 0.15) is 24.0 Å². The van der Waals surface area contributed by atoms with E-state index >= 15 is 0 Å². The highest BCUT2D eigenvalue weighted by Gasteiger charge is 2.34. The molecule has 4 nitrogen and oxygen atoms in total. The van der Waals surface area contributed by atoms with Crippen LogP contribution in [0.4, 0.5) is 13.2 Å². The Morgan fingerprint density at radius 2 is 2.08 bits per heavy atom. The minimum atomic E-state index is -4.55. The molecule has 1 aromatic rings. The summed E-state index contributed by atoms with van der Waals surface area (Å²) in [6.45, 7) is 0.169. The zero-order chi connectivity index (χ0) is 18.8. The minimum Gasteiger partial charge on any atom is -0.481 e. The van der Waals surface area contributed by atoms with E-state index in [9.17, 15) is 22.8 Å². The summed E-state index contributed by atoms with van der Waals surface area (Å²) in [5, 5.41) is 8.17. The molecule has 1 aliphatic rings. The molecular formula is C15H11ClF3NO3S2. The van der Waals surface area contributed by atoms with Crippen molar-refractivity contribution in [1.29, 1.82) is 0 Å². The average Bonchev–Trinajstić information content (AvgIpc) is 2.73. The van der Waals surface area contributed by atoms with Crippen molar-refractivity contribution < 1.29 is 27.9 Å². The zero-order valence-electron chi connectivity index (χ0n) is 12.5. The standard InChI is InChI=1S/C15H11ClF3NO3S2/c16-10-6-8(3-4-9(10)15(17,18)19)7-11-13(23)20(14(24)25-11)5-1-2-12(21)22/h3-4,6-7H,1-2,5H2,(H,21,22). The monoisotopic (exact) mass is 409 g/mol. The molecular weight excluding hydrogens is 399 g/mol. The normalized spacial score (nSPS) is 16.8.